The molecule has 1 unspecified atom stereocenters. The molecule has 0 aliphatic carbocycles. The van der Waals surface area contributed by atoms with Gasteiger partial charge in [0.05, 0.1) is 35.5 Å². The lowest BCUT2D eigenvalue weighted by atomic mass is 9.95. The fraction of sp³-hybridized carbons (Fsp3) is 0.500. The number of benzene rings is 2. The molecule has 5 heterocycles. The molecule has 0 spiro atoms. The molecule has 3 fully saturated rings. The molecule has 11 heteroatoms. The number of hydrogen-bond acceptors (Lipinski definition) is 8. The van der Waals surface area contributed by atoms with Gasteiger partial charge in [-0.15, -0.1) is 0 Å². The summed E-state index contributed by atoms with van der Waals surface area (Å²) in [7, 11) is 0. The van der Waals surface area contributed by atoms with Gasteiger partial charge in [0.1, 0.15) is 35.7 Å². The Balaban J connectivity index is 1.29. The van der Waals surface area contributed by atoms with Crippen LogP contribution < -0.4 is 14.5 Å². The van der Waals surface area contributed by atoms with Gasteiger partial charge in [0.15, 0.2) is 0 Å². The predicted octanol–water partition coefficient (Wildman–Crippen LogP) is 4.89. The zero-order chi connectivity index (χ0) is 29.9. The summed E-state index contributed by atoms with van der Waals surface area (Å²) >= 11 is 0. The largest absolute Gasteiger partial charge is 0.508 e. The summed E-state index contributed by atoms with van der Waals surface area (Å²) in [6, 6.07) is 8.50. The second-order valence-electron chi connectivity index (χ2n) is 12.3. The Bertz CT molecular complexity index is 1660. The number of fused-ring (bicyclic) bond motifs is 3. The lowest BCUT2D eigenvalue weighted by Crippen LogP contribution is -2.43. The highest BCUT2D eigenvalue weighted by molar-refractivity contribution is 6.16. The fourth-order valence-corrected chi connectivity index (χ4v) is 7.61. The first-order valence-electron chi connectivity index (χ1n) is 15.1. The van der Waals surface area contributed by atoms with Gasteiger partial charge in [-0.25, -0.2) is 8.78 Å². The second kappa shape index (κ2) is 10.6. The number of anilines is 2. The van der Waals surface area contributed by atoms with Gasteiger partial charge in [0.25, 0.3) is 5.91 Å². The number of halogens is 2. The van der Waals surface area contributed by atoms with E-state index < -0.39 is 6.17 Å². The van der Waals surface area contributed by atoms with Gasteiger partial charge in [-0.1, -0.05) is 13.0 Å². The van der Waals surface area contributed by atoms with Gasteiger partial charge in [0, 0.05) is 37.5 Å². The van der Waals surface area contributed by atoms with Crippen molar-refractivity contribution < 1.29 is 23.4 Å². The van der Waals surface area contributed by atoms with E-state index in [1.54, 1.807) is 12.1 Å². The van der Waals surface area contributed by atoms with E-state index in [2.05, 4.69) is 11.0 Å². The van der Waals surface area contributed by atoms with E-state index in [4.69, 9.17) is 14.7 Å². The van der Waals surface area contributed by atoms with Gasteiger partial charge in [-0.05, 0) is 61.7 Å². The molecule has 1 aromatic heterocycles. The van der Waals surface area contributed by atoms with E-state index in [0.29, 0.717) is 71.6 Å². The molecule has 3 saturated heterocycles. The third-order valence-corrected chi connectivity index (χ3v) is 9.62. The van der Waals surface area contributed by atoms with Crippen molar-refractivity contribution in [3.05, 3.63) is 46.9 Å². The van der Waals surface area contributed by atoms with Gasteiger partial charge >= 0.3 is 6.01 Å². The highest BCUT2D eigenvalue weighted by Gasteiger charge is 2.49. The predicted molar refractivity (Wildman–Crippen MR) is 157 cm³/mol. The fourth-order valence-electron chi connectivity index (χ4n) is 7.61. The van der Waals surface area contributed by atoms with E-state index in [0.717, 1.165) is 32.2 Å². The summed E-state index contributed by atoms with van der Waals surface area (Å²) in [6.45, 7) is 4.47. The Morgan fingerprint density at radius 1 is 1.21 bits per heavy atom. The molecule has 7 rings (SSSR count). The number of aromatic hydroxyl groups is 1. The first-order chi connectivity index (χ1) is 20.8. The van der Waals surface area contributed by atoms with E-state index in [1.165, 1.54) is 17.0 Å². The molecule has 43 heavy (non-hydrogen) atoms. The van der Waals surface area contributed by atoms with E-state index >= 15 is 0 Å². The first kappa shape index (κ1) is 27.8. The van der Waals surface area contributed by atoms with Crippen molar-refractivity contribution in [3.8, 4) is 17.8 Å². The average Bonchev–Trinajstić information content (AvgIpc) is 3.65. The Kier molecular flexibility index (Phi) is 6.84. The zero-order valence-corrected chi connectivity index (χ0v) is 24.2. The first-order valence-corrected chi connectivity index (χ1v) is 15.1. The minimum Gasteiger partial charge on any atom is -0.508 e. The number of alkyl halides is 1. The summed E-state index contributed by atoms with van der Waals surface area (Å²) in [5.74, 6) is -0.556. The molecule has 9 nitrogen and oxygen atoms in total. The van der Waals surface area contributed by atoms with Crippen LogP contribution in [0.25, 0.3) is 10.8 Å². The number of aryl methyl sites for hydroxylation is 1. The maximum atomic E-state index is 14.9. The number of amides is 1. The van der Waals surface area contributed by atoms with Crippen molar-refractivity contribution in [3.63, 3.8) is 0 Å². The van der Waals surface area contributed by atoms with Crippen molar-refractivity contribution in [2.45, 2.75) is 63.7 Å². The van der Waals surface area contributed by atoms with Crippen molar-refractivity contribution in [2.75, 3.05) is 42.6 Å². The Labute approximate surface area is 248 Å². The zero-order valence-electron chi connectivity index (χ0n) is 24.2. The monoisotopic (exact) mass is 588 g/mol. The van der Waals surface area contributed by atoms with Gasteiger partial charge < -0.3 is 19.6 Å². The number of nitrogens with zero attached hydrogens (tertiary/aromatic N) is 6. The normalized spacial score (nSPS) is 25.3. The van der Waals surface area contributed by atoms with Gasteiger partial charge in [0.2, 0.25) is 0 Å². The maximum absolute atomic E-state index is 14.9. The SMILES string of the molecule is CCc1c(F)ccc2cc(O)cc(N3Cc4nc(OC[C@@]56CCCN5C[C@H](F)C6)nc(N5CCCC(C#N)C5)c4C3=O)c12. The number of phenolic OH excluding ortho intramolecular Hbond substituents is 1. The van der Waals surface area contributed by atoms with Crippen LogP contribution in [0.4, 0.5) is 20.3 Å². The molecule has 4 aliphatic rings. The molecule has 2 aromatic carbocycles. The molecule has 3 aromatic rings. The van der Waals surface area contributed by atoms with Crippen LogP contribution in [0.15, 0.2) is 24.3 Å². The standard InChI is InChI=1S/C32H34F2N6O3/c1-2-23-24(34)7-6-20-11-22(41)12-26(27(20)23)40-17-25-28(30(40)42)29(38-9-3-5-19(14-35)15-38)37-31(36-25)43-18-32-8-4-10-39(32)16-21(33)13-32/h6-7,11-12,19,21,41H,2-5,8-10,13,15-18H2,1H3/t19?,21-,32+/m1/s1. The summed E-state index contributed by atoms with van der Waals surface area (Å²) in [6.07, 6.45) is 3.29. The van der Waals surface area contributed by atoms with Crippen molar-refractivity contribution in [1.82, 2.24) is 14.9 Å². The lowest BCUT2D eigenvalue weighted by Gasteiger charge is -2.32. The maximum Gasteiger partial charge on any atom is 0.318 e. The number of carbonyl (C=O) groups excluding carboxylic acids is 1. The Morgan fingerprint density at radius 3 is 2.88 bits per heavy atom. The minimum absolute atomic E-state index is 0.0359. The Hall–Kier alpha value is -4.04. The highest BCUT2D eigenvalue weighted by atomic mass is 19.1. The van der Waals surface area contributed by atoms with E-state index in [-0.39, 0.29) is 48.1 Å². The summed E-state index contributed by atoms with van der Waals surface area (Å²) in [5.41, 5.74) is 1.26. The van der Waals surface area contributed by atoms with Crippen LogP contribution in [-0.2, 0) is 13.0 Å². The molecular weight excluding hydrogens is 554 g/mol. The van der Waals surface area contributed by atoms with Crippen LogP contribution >= 0.6 is 0 Å². The molecule has 0 bridgehead atoms. The third kappa shape index (κ3) is 4.63. The average molecular weight is 589 g/mol. The quantitative estimate of drug-likeness (QED) is 0.434. The summed E-state index contributed by atoms with van der Waals surface area (Å²) < 4.78 is 35.6. The number of aromatic nitrogens is 2. The number of phenols is 1. The Morgan fingerprint density at radius 2 is 2.07 bits per heavy atom. The van der Waals surface area contributed by atoms with Gasteiger partial charge in [-0.3, -0.25) is 9.69 Å². The molecule has 224 valence electrons. The summed E-state index contributed by atoms with van der Waals surface area (Å²) in [4.78, 5) is 29.3. The van der Waals surface area contributed by atoms with Crippen LogP contribution in [0.2, 0.25) is 0 Å². The van der Waals surface area contributed by atoms with Crippen LogP contribution in [-0.4, -0.2) is 70.4 Å². The van der Waals surface area contributed by atoms with Crippen LogP contribution in [0.1, 0.15) is 60.6 Å². The van der Waals surface area contributed by atoms with Crippen LogP contribution in [0, 0.1) is 23.1 Å². The number of hydrogen-bond donors (Lipinski definition) is 1. The van der Waals surface area contributed by atoms with Crippen molar-refractivity contribution >= 4 is 28.2 Å². The molecule has 3 atom stereocenters. The van der Waals surface area contributed by atoms with E-state index in [1.807, 2.05) is 11.8 Å². The number of rotatable bonds is 6. The summed E-state index contributed by atoms with van der Waals surface area (Å²) in [5, 5.41) is 21.4. The molecule has 4 aliphatic heterocycles. The highest BCUT2D eigenvalue weighted by Crippen LogP contribution is 2.43. The third-order valence-electron chi connectivity index (χ3n) is 9.62. The topological polar surface area (TPSA) is 106 Å². The van der Waals surface area contributed by atoms with Crippen LogP contribution in [0.3, 0.4) is 0 Å². The van der Waals surface area contributed by atoms with Crippen LogP contribution in [0.5, 0.6) is 11.8 Å². The molecule has 1 N–H and O–H groups in total. The number of carbonyl (C=O) groups is 1. The lowest BCUT2D eigenvalue weighted by molar-refractivity contribution is 0.0996. The minimum atomic E-state index is -0.891. The molecule has 1 amide bonds. The van der Waals surface area contributed by atoms with Gasteiger partial charge in [-0.2, -0.15) is 15.2 Å². The molecular formula is C32H34F2N6O3. The smallest absolute Gasteiger partial charge is 0.318 e. The molecule has 0 radical (unpaired) electrons. The number of nitriles is 1. The second-order valence-corrected chi connectivity index (χ2v) is 12.3. The van der Waals surface area contributed by atoms with Crippen molar-refractivity contribution in [1.29, 1.82) is 5.26 Å². The number of ether oxygens (including phenoxy) is 1. The van der Waals surface area contributed by atoms with E-state index in [9.17, 15) is 23.9 Å². The number of piperidine rings is 1. The van der Waals surface area contributed by atoms with Crippen molar-refractivity contribution in [2.24, 2.45) is 5.92 Å². The molecule has 0 saturated carbocycles.